The number of carbonyl (C=O) groups excluding carboxylic acids is 2. The van der Waals surface area contributed by atoms with Crippen molar-refractivity contribution in [3.05, 3.63) is 35.4 Å². The maximum Gasteiger partial charge on any atom is 0.401 e. The van der Waals surface area contributed by atoms with E-state index in [2.05, 4.69) is 29.3 Å². The zero-order valence-corrected chi connectivity index (χ0v) is 13.4. The molecule has 5 nitrogen and oxygen atoms in total. The van der Waals surface area contributed by atoms with Crippen molar-refractivity contribution in [3.8, 4) is 0 Å². The summed E-state index contributed by atoms with van der Waals surface area (Å²) in [5, 5.41) is 5.85. The van der Waals surface area contributed by atoms with Crippen molar-refractivity contribution < 1.29 is 14.6 Å². The third-order valence-electron chi connectivity index (χ3n) is 3.67. The molecule has 1 rings (SSSR count). The van der Waals surface area contributed by atoms with Gasteiger partial charge in [-0.15, -0.1) is 0 Å². The standard InChI is InChI=1S/C17H25N3O2/c1-4-13-8-10-14(11-9-13)16(21)20-12-6-5-7-15(18-2)17(22)19-3/h8-11,15,18H,3-7,12H2,1-2H3,(H,20,21)/p+1. The number of benzene rings is 1. The van der Waals surface area contributed by atoms with Crippen molar-refractivity contribution in [2.75, 3.05) is 13.6 Å². The summed E-state index contributed by atoms with van der Waals surface area (Å²) in [6, 6.07) is 7.43. The normalized spacial score (nSPS) is 11.7. The van der Waals surface area contributed by atoms with Crippen molar-refractivity contribution in [2.45, 2.75) is 38.6 Å². The molecule has 0 fully saturated rings. The van der Waals surface area contributed by atoms with E-state index < -0.39 is 0 Å². The number of likely N-dealkylation sites (N-methyl/N-ethyl adjacent to an activating group) is 1. The lowest BCUT2D eigenvalue weighted by molar-refractivity contribution is -0.371. The number of unbranched alkanes of at least 4 members (excludes halogenated alkanes) is 1. The van der Waals surface area contributed by atoms with Crippen LogP contribution in [0.4, 0.5) is 0 Å². The zero-order chi connectivity index (χ0) is 16.4. The molecule has 2 amide bonds. The van der Waals surface area contributed by atoms with Gasteiger partial charge in [0.1, 0.15) is 12.8 Å². The van der Waals surface area contributed by atoms with E-state index in [0.717, 1.165) is 25.7 Å². The van der Waals surface area contributed by atoms with Crippen LogP contribution >= 0.6 is 0 Å². The van der Waals surface area contributed by atoms with Crippen molar-refractivity contribution in [2.24, 2.45) is 0 Å². The Morgan fingerprint density at radius 2 is 1.91 bits per heavy atom. The number of hydrogen-bond donors (Lipinski definition) is 3. The Kier molecular flexibility index (Phi) is 8.07. The lowest BCUT2D eigenvalue weighted by Gasteiger charge is -2.09. The minimum Gasteiger partial charge on any atom is -0.352 e. The summed E-state index contributed by atoms with van der Waals surface area (Å²) in [6.45, 7) is 6.06. The Balaban J connectivity index is 2.27. The van der Waals surface area contributed by atoms with Crippen molar-refractivity contribution in [1.29, 1.82) is 0 Å². The fourth-order valence-electron chi connectivity index (χ4n) is 2.20. The highest BCUT2D eigenvalue weighted by molar-refractivity contribution is 5.94. The van der Waals surface area contributed by atoms with Gasteiger partial charge in [-0.3, -0.25) is 4.79 Å². The molecule has 0 aliphatic rings. The maximum absolute atomic E-state index is 12.0. The van der Waals surface area contributed by atoms with Crippen molar-refractivity contribution >= 4 is 18.5 Å². The second kappa shape index (κ2) is 9.84. The monoisotopic (exact) mass is 304 g/mol. The van der Waals surface area contributed by atoms with E-state index in [0.29, 0.717) is 12.1 Å². The van der Waals surface area contributed by atoms with Crippen molar-refractivity contribution in [3.63, 3.8) is 0 Å². The molecular weight excluding hydrogens is 278 g/mol. The first-order valence-electron chi connectivity index (χ1n) is 7.73. The Morgan fingerprint density at radius 3 is 2.45 bits per heavy atom. The summed E-state index contributed by atoms with van der Waals surface area (Å²) in [4.78, 5) is 25.8. The molecule has 5 heteroatoms. The molecule has 22 heavy (non-hydrogen) atoms. The SMILES string of the molecule is C=[NH+]C(=O)C(CCCCNC(=O)c1ccc(CC)cc1)NC. The van der Waals surface area contributed by atoms with Crippen LogP contribution in [0.3, 0.4) is 0 Å². The molecule has 0 aliphatic heterocycles. The van der Waals surface area contributed by atoms with Gasteiger partial charge < -0.3 is 10.6 Å². The minimum absolute atomic E-state index is 0.0525. The Labute approximate surface area is 132 Å². The molecule has 1 aromatic rings. The smallest absolute Gasteiger partial charge is 0.352 e. The predicted molar refractivity (Wildman–Crippen MR) is 87.9 cm³/mol. The molecule has 0 saturated carbocycles. The van der Waals surface area contributed by atoms with Gasteiger partial charge in [-0.2, -0.15) is 4.99 Å². The van der Waals surface area contributed by atoms with Crippen LogP contribution in [0.5, 0.6) is 0 Å². The first kappa shape index (κ1) is 18.0. The van der Waals surface area contributed by atoms with Gasteiger partial charge in [-0.25, -0.2) is 4.79 Å². The van der Waals surface area contributed by atoms with E-state index in [9.17, 15) is 9.59 Å². The van der Waals surface area contributed by atoms with Crippen LogP contribution in [0.1, 0.15) is 42.1 Å². The van der Waals surface area contributed by atoms with E-state index in [1.165, 1.54) is 5.56 Å². The molecular formula is C17H26N3O2+. The number of hydrogen-bond acceptors (Lipinski definition) is 3. The van der Waals surface area contributed by atoms with Crippen LogP contribution in [-0.4, -0.2) is 38.2 Å². The molecule has 1 unspecified atom stereocenters. The molecule has 120 valence electrons. The number of amides is 2. The van der Waals surface area contributed by atoms with Gasteiger partial charge in [-0.05, 0) is 50.4 Å². The van der Waals surface area contributed by atoms with E-state index in [4.69, 9.17) is 0 Å². The lowest BCUT2D eigenvalue weighted by atomic mass is 10.1. The van der Waals surface area contributed by atoms with Gasteiger partial charge in [0.25, 0.3) is 5.91 Å². The summed E-state index contributed by atoms with van der Waals surface area (Å²) in [5.74, 6) is -0.161. The fraction of sp³-hybridized carbons (Fsp3) is 0.471. The van der Waals surface area contributed by atoms with Crippen LogP contribution in [0.25, 0.3) is 0 Å². The summed E-state index contributed by atoms with van der Waals surface area (Å²) in [6.07, 6.45) is 3.38. The van der Waals surface area contributed by atoms with E-state index in [1.54, 1.807) is 7.05 Å². The molecule has 0 radical (unpaired) electrons. The molecule has 1 atom stereocenters. The maximum atomic E-state index is 12.0. The number of aryl methyl sites for hydroxylation is 1. The second-order valence-corrected chi connectivity index (χ2v) is 5.18. The van der Waals surface area contributed by atoms with Crippen LogP contribution < -0.4 is 15.6 Å². The zero-order valence-electron chi connectivity index (χ0n) is 13.4. The first-order valence-corrected chi connectivity index (χ1v) is 7.73. The highest BCUT2D eigenvalue weighted by Gasteiger charge is 2.18. The Morgan fingerprint density at radius 1 is 1.23 bits per heavy atom. The van der Waals surface area contributed by atoms with Gasteiger partial charge in [0.05, 0.1) is 0 Å². The van der Waals surface area contributed by atoms with Gasteiger partial charge in [0.15, 0.2) is 0 Å². The molecule has 0 saturated heterocycles. The summed E-state index contributed by atoms with van der Waals surface area (Å²) < 4.78 is 0. The lowest BCUT2D eigenvalue weighted by Crippen LogP contribution is -2.76. The van der Waals surface area contributed by atoms with E-state index in [-0.39, 0.29) is 17.9 Å². The largest absolute Gasteiger partial charge is 0.401 e. The van der Waals surface area contributed by atoms with Crippen LogP contribution in [0, 0.1) is 0 Å². The number of nitrogens with one attached hydrogen (secondary N) is 3. The van der Waals surface area contributed by atoms with Crippen LogP contribution in [0.2, 0.25) is 0 Å². The van der Waals surface area contributed by atoms with Gasteiger partial charge in [0.2, 0.25) is 0 Å². The van der Waals surface area contributed by atoms with Gasteiger partial charge >= 0.3 is 5.91 Å². The number of rotatable bonds is 9. The Bertz CT molecular complexity index is 497. The molecule has 0 spiro atoms. The average molecular weight is 304 g/mol. The molecule has 3 N–H and O–H groups in total. The predicted octanol–water partition coefficient (Wildman–Crippen LogP) is 0.0449. The molecule has 0 bridgehead atoms. The van der Waals surface area contributed by atoms with Gasteiger partial charge in [-0.1, -0.05) is 19.1 Å². The third kappa shape index (κ3) is 5.77. The Hall–Kier alpha value is -2.01. The average Bonchev–Trinajstić information content (AvgIpc) is 2.57. The third-order valence-corrected chi connectivity index (χ3v) is 3.67. The quantitative estimate of drug-likeness (QED) is 0.446. The second-order valence-electron chi connectivity index (χ2n) is 5.18. The van der Waals surface area contributed by atoms with Crippen molar-refractivity contribution in [1.82, 2.24) is 10.6 Å². The van der Waals surface area contributed by atoms with Crippen LogP contribution in [-0.2, 0) is 11.2 Å². The summed E-state index contributed by atoms with van der Waals surface area (Å²) in [7, 11) is 1.75. The molecule has 1 aromatic carbocycles. The number of carbonyl (C=O) groups is 2. The topological polar surface area (TPSA) is 72.2 Å². The molecule has 0 aliphatic carbocycles. The van der Waals surface area contributed by atoms with E-state index >= 15 is 0 Å². The summed E-state index contributed by atoms with van der Waals surface area (Å²) >= 11 is 0. The fourth-order valence-corrected chi connectivity index (χ4v) is 2.20. The summed E-state index contributed by atoms with van der Waals surface area (Å²) in [5.41, 5.74) is 1.90. The minimum atomic E-state index is -0.227. The van der Waals surface area contributed by atoms with Crippen LogP contribution in [0.15, 0.2) is 24.3 Å². The first-order chi connectivity index (χ1) is 10.6. The molecule has 0 aromatic heterocycles. The highest BCUT2D eigenvalue weighted by Crippen LogP contribution is 2.05. The molecule has 0 heterocycles. The van der Waals surface area contributed by atoms with Gasteiger partial charge in [0, 0.05) is 12.1 Å². The van der Waals surface area contributed by atoms with E-state index in [1.807, 2.05) is 24.3 Å². The highest BCUT2D eigenvalue weighted by atomic mass is 16.2.